The molecular weight excluding hydrogens is 586 g/mol. The van der Waals surface area contributed by atoms with Crippen LogP contribution in [0.1, 0.15) is 85.5 Å². The fraction of sp³-hybridized carbons (Fsp3) is 0.719. The number of nitrogens with one attached hydrogen (secondary N) is 1. The SMILES string of the molecule is CCOC(=O)C(CCC1=CCC=CC=C1)NC(C)C(=O)N(C(CC)C(=O)OCCSCCO[N+](=O)[O-])C1CCCCCC1C. The molecule has 0 aromatic rings. The van der Waals surface area contributed by atoms with E-state index in [1.807, 2.05) is 25.2 Å². The highest BCUT2D eigenvalue weighted by atomic mass is 32.2. The van der Waals surface area contributed by atoms with E-state index in [4.69, 9.17) is 9.47 Å². The highest BCUT2D eigenvalue weighted by Gasteiger charge is 2.40. The van der Waals surface area contributed by atoms with Gasteiger partial charge < -0.3 is 19.2 Å². The van der Waals surface area contributed by atoms with Gasteiger partial charge in [0, 0.05) is 17.5 Å². The lowest BCUT2D eigenvalue weighted by atomic mass is 9.92. The van der Waals surface area contributed by atoms with Gasteiger partial charge in [0.2, 0.25) is 5.91 Å². The van der Waals surface area contributed by atoms with Gasteiger partial charge in [-0.05, 0) is 58.3 Å². The number of esters is 2. The summed E-state index contributed by atoms with van der Waals surface area (Å²) in [6, 6.07) is -2.32. The Morgan fingerprint density at radius 3 is 2.57 bits per heavy atom. The average molecular weight is 638 g/mol. The third-order valence-corrected chi connectivity index (χ3v) is 8.92. The van der Waals surface area contributed by atoms with Crippen molar-refractivity contribution in [1.29, 1.82) is 0 Å². The van der Waals surface area contributed by atoms with Gasteiger partial charge in [-0.25, -0.2) is 4.79 Å². The van der Waals surface area contributed by atoms with Crippen LogP contribution in [0.3, 0.4) is 0 Å². The maximum absolute atomic E-state index is 14.3. The molecule has 11 nitrogen and oxygen atoms in total. The molecule has 2 aliphatic carbocycles. The zero-order valence-electron chi connectivity index (χ0n) is 26.7. The zero-order valence-corrected chi connectivity index (χ0v) is 27.6. The second kappa shape index (κ2) is 21.0. The van der Waals surface area contributed by atoms with Gasteiger partial charge >= 0.3 is 11.9 Å². The highest BCUT2D eigenvalue weighted by molar-refractivity contribution is 7.99. The van der Waals surface area contributed by atoms with E-state index >= 15 is 0 Å². The molecule has 0 radical (unpaired) electrons. The lowest BCUT2D eigenvalue weighted by molar-refractivity contribution is -0.756. The van der Waals surface area contributed by atoms with Gasteiger partial charge in [-0.3, -0.25) is 14.9 Å². The largest absolute Gasteiger partial charge is 0.465 e. The number of nitrogens with zero attached hydrogens (tertiary/aromatic N) is 2. The van der Waals surface area contributed by atoms with Crippen LogP contribution in [0.15, 0.2) is 36.0 Å². The number of hydrogen-bond donors (Lipinski definition) is 1. The van der Waals surface area contributed by atoms with Crippen LogP contribution < -0.4 is 5.32 Å². The van der Waals surface area contributed by atoms with Gasteiger partial charge in [0.25, 0.3) is 5.09 Å². The van der Waals surface area contributed by atoms with Gasteiger partial charge in [-0.2, -0.15) is 11.8 Å². The van der Waals surface area contributed by atoms with Crippen LogP contribution in [0.25, 0.3) is 0 Å². The number of hydrogen-bond acceptors (Lipinski definition) is 10. The molecular formula is C32H51N3O8S. The normalized spacial score (nSPS) is 20.3. The molecule has 0 saturated heterocycles. The summed E-state index contributed by atoms with van der Waals surface area (Å²) in [7, 11) is 0. The molecule has 248 valence electrons. The molecule has 44 heavy (non-hydrogen) atoms. The maximum atomic E-state index is 14.3. The monoisotopic (exact) mass is 637 g/mol. The topological polar surface area (TPSA) is 137 Å². The first-order valence-corrected chi connectivity index (χ1v) is 17.1. The molecule has 1 N–H and O–H groups in total. The fourth-order valence-corrected chi connectivity index (χ4v) is 6.31. The van der Waals surface area contributed by atoms with E-state index in [-0.39, 0.29) is 37.7 Å². The van der Waals surface area contributed by atoms with Gasteiger partial charge in [0.1, 0.15) is 25.3 Å². The van der Waals surface area contributed by atoms with E-state index in [1.54, 1.807) is 18.7 Å². The lowest BCUT2D eigenvalue weighted by Crippen LogP contribution is -2.59. The Morgan fingerprint density at radius 2 is 1.84 bits per heavy atom. The first-order chi connectivity index (χ1) is 21.2. The Balaban J connectivity index is 2.17. The highest BCUT2D eigenvalue weighted by Crippen LogP contribution is 2.30. The minimum absolute atomic E-state index is 0.0335. The molecule has 0 bridgehead atoms. The van der Waals surface area contributed by atoms with Crippen molar-refractivity contribution in [2.45, 2.75) is 110 Å². The molecule has 1 amide bonds. The Hall–Kier alpha value is -2.86. The predicted molar refractivity (Wildman–Crippen MR) is 171 cm³/mol. The van der Waals surface area contributed by atoms with Crippen LogP contribution in [-0.2, 0) is 28.7 Å². The quantitative estimate of drug-likeness (QED) is 0.0663. The zero-order chi connectivity index (χ0) is 32.3. The number of carbonyl (C=O) groups excluding carboxylic acids is 3. The van der Waals surface area contributed by atoms with Crippen molar-refractivity contribution in [1.82, 2.24) is 10.2 Å². The first kappa shape index (κ1) is 37.3. The standard InChI is InChI=1S/C32H51N3O8S/c1-5-28(32(38)42-20-22-44-23-21-43-35(39)40)34(29-17-13-9-10-14-24(29)3)30(36)25(4)33-27(31(37)41-6-2)19-18-26-15-11-7-8-12-16-26/h7-8,11,15-16,24-25,27-29,33H,5-6,9-10,12-14,17-23H2,1-4H3. The van der Waals surface area contributed by atoms with Gasteiger partial charge in [0.05, 0.1) is 12.6 Å². The Labute approximate surface area is 266 Å². The molecule has 5 atom stereocenters. The van der Waals surface area contributed by atoms with Crippen molar-refractivity contribution in [2.24, 2.45) is 5.92 Å². The van der Waals surface area contributed by atoms with E-state index in [0.717, 1.165) is 44.1 Å². The minimum atomic E-state index is -0.831. The summed E-state index contributed by atoms with van der Waals surface area (Å²) in [5.41, 5.74) is 1.12. The number of carbonyl (C=O) groups is 3. The fourth-order valence-electron chi connectivity index (χ4n) is 5.71. The molecule has 0 aromatic carbocycles. The molecule has 1 fully saturated rings. The molecule has 2 aliphatic rings. The van der Waals surface area contributed by atoms with Crippen molar-refractivity contribution >= 4 is 29.6 Å². The molecule has 1 saturated carbocycles. The Morgan fingerprint density at radius 1 is 1.09 bits per heavy atom. The Bertz CT molecular complexity index is 1020. The van der Waals surface area contributed by atoms with Crippen molar-refractivity contribution in [3.05, 3.63) is 46.1 Å². The molecule has 12 heteroatoms. The van der Waals surface area contributed by atoms with Crippen LogP contribution in [0, 0.1) is 16.0 Å². The number of amides is 1. The Kier molecular flexibility index (Phi) is 17.8. The first-order valence-electron chi connectivity index (χ1n) is 16.0. The van der Waals surface area contributed by atoms with Crippen LogP contribution in [0.2, 0.25) is 0 Å². The summed E-state index contributed by atoms with van der Waals surface area (Å²) in [5.74, 6) is -0.0330. The third kappa shape index (κ3) is 13.0. The second-order valence-electron chi connectivity index (χ2n) is 11.2. The smallest absolute Gasteiger partial charge is 0.328 e. The van der Waals surface area contributed by atoms with Crippen molar-refractivity contribution < 1.29 is 33.8 Å². The van der Waals surface area contributed by atoms with Crippen LogP contribution in [0.4, 0.5) is 0 Å². The van der Waals surface area contributed by atoms with E-state index in [0.29, 0.717) is 30.8 Å². The summed E-state index contributed by atoms with van der Waals surface area (Å²) < 4.78 is 11.0. The van der Waals surface area contributed by atoms with Crippen molar-refractivity contribution in [3.8, 4) is 0 Å². The minimum Gasteiger partial charge on any atom is -0.465 e. The van der Waals surface area contributed by atoms with Crippen LogP contribution in [0.5, 0.6) is 0 Å². The van der Waals surface area contributed by atoms with E-state index in [9.17, 15) is 24.5 Å². The predicted octanol–water partition coefficient (Wildman–Crippen LogP) is 5.18. The van der Waals surface area contributed by atoms with Gasteiger partial charge in [-0.1, -0.05) is 69.1 Å². The molecule has 2 rings (SSSR count). The summed E-state index contributed by atoms with van der Waals surface area (Å²) in [4.78, 5) is 57.0. The molecule has 0 spiro atoms. The number of thioether (sulfide) groups is 1. The summed E-state index contributed by atoms with van der Waals surface area (Å²) >= 11 is 1.38. The summed E-state index contributed by atoms with van der Waals surface area (Å²) in [6.45, 7) is 7.85. The second-order valence-corrected chi connectivity index (χ2v) is 12.4. The van der Waals surface area contributed by atoms with Crippen LogP contribution >= 0.6 is 11.8 Å². The number of rotatable bonds is 19. The average Bonchev–Trinajstić information content (AvgIpc) is 3.39. The molecule has 0 heterocycles. The van der Waals surface area contributed by atoms with E-state index in [1.165, 1.54) is 11.8 Å². The molecule has 0 aromatic heterocycles. The van der Waals surface area contributed by atoms with Crippen molar-refractivity contribution in [2.75, 3.05) is 31.3 Å². The number of allylic oxidation sites excluding steroid dienone is 6. The molecule has 5 unspecified atom stereocenters. The van der Waals surface area contributed by atoms with Gasteiger partial charge in [-0.15, -0.1) is 10.1 Å². The van der Waals surface area contributed by atoms with E-state index in [2.05, 4.69) is 29.2 Å². The number of ether oxygens (including phenoxy) is 2. The van der Waals surface area contributed by atoms with E-state index < -0.39 is 35.2 Å². The van der Waals surface area contributed by atoms with Crippen LogP contribution in [-0.4, -0.2) is 83.3 Å². The molecule has 0 aliphatic heterocycles. The summed E-state index contributed by atoms with van der Waals surface area (Å²) in [5, 5.41) is 12.7. The summed E-state index contributed by atoms with van der Waals surface area (Å²) in [6.07, 6.45) is 17.4. The third-order valence-electron chi connectivity index (χ3n) is 8.01. The van der Waals surface area contributed by atoms with Crippen molar-refractivity contribution in [3.63, 3.8) is 0 Å². The lowest BCUT2D eigenvalue weighted by Gasteiger charge is -2.41. The van der Waals surface area contributed by atoms with Gasteiger partial charge in [0.15, 0.2) is 0 Å². The maximum Gasteiger partial charge on any atom is 0.328 e.